The van der Waals surface area contributed by atoms with Gasteiger partial charge in [0.25, 0.3) is 0 Å². The minimum absolute atomic E-state index is 0.357. The first-order valence-electron chi connectivity index (χ1n) is 8.82. The standard InChI is InChI=1S/C23H18N2O3/c1-15-6-11-21-20(12-15)25-22(28-21)18-4-3-5-19(13-18)24-14-16-7-9-17(10-8-16)23(26)27-2/h3-14H,1-2H3. The van der Waals surface area contributed by atoms with E-state index in [1.807, 2.05) is 61.5 Å². The first-order valence-corrected chi connectivity index (χ1v) is 8.82. The van der Waals surface area contributed by atoms with Crippen LogP contribution in [0.1, 0.15) is 21.5 Å². The Balaban J connectivity index is 1.57. The number of oxazole rings is 1. The average molecular weight is 370 g/mol. The van der Waals surface area contributed by atoms with E-state index >= 15 is 0 Å². The van der Waals surface area contributed by atoms with Crippen LogP contribution in [0.25, 0.3) is 22.6 Å². The Morgan fingerprint density at radius 2 is 1.89 bits per heavy atom. The number of aromatic nitrogens is 1. The van der Waals surface area contributed by atoms with Crippen LogP contribution in [0.4, 0.5) is 5.69 Å². The zero-order chi connectivity index (χ0) is 19.5. The Bertz CT molecular complexity index is 1170. The highest BCUT2D eigenvalue weighted by Crippen LogP contribution is 2.27. The van der Waals surface area contributed by atoms with Gasteiger partial charge in [0.05, 0.1) is 18.4 Å². The van der Waals surface area contributed by atoms with E-state index in [9.17, 15) is 4.79 Å². The van der Waals surface area contributed by atoms with Crippen molar-refractivity contribution < 1.29 is 13.9 Å². The van der Waals surface area contributed by atoms with E-state index in [2.05, 4.69) is 9.98 Å². The number of hydrogen-bond acceptors (Lipinski definition) is 5. The predicted molar refractivity (Wildman–Crippen MR) is 109 cm³/mol. The smallest absolute Gasteiger partial charge is 0.337 e. The molecule has 4 aromatic rings. The Morgan fingerprint density at radius 1 is 1.07 bits per heavy atom. The summed E-state index contributed by atoms with van der Waals surface area (Å²) < 4.78 is 10.6. The largest absolute Gasteiger partial charge is 0.465 e. The van der Waals surface area contributed by atoms with Gasteiger partial charge in [0.1, 0.15) is 5.52 Å². The Morgan fingerprint density at radius 3 is 2.68 bits per heavy atom. The van der Waals surface area contributed by atoms with E-state index in [1.54, 1.807) is 18.3 Å². The van der Waals surface area contributed by atoms with Crippen LogP contribution in [0.2, 0.25) is 0 Å². The van der Waals surface area contributed by atoms with E-state index in [4.69, 9.17) is 9.15 Å². The van der Waals surface area contributed by atoms with Crippen LogP contribution in [-0.4, -0.2) is 24.3 Å². The monoisotopic (exact) mass is 370 g/mol. The lowest BCUT2D eigenvalue weighted by molar-refractivity contribution is 0.0600. The summed E-state index contributed by atoms with van der Waals surface area (Å²) in [6, 6.07) is 20.7. The first-order chi connectivity index (χ1) is 13.6. The molecule has 0 amide bonds. The minimum atomic E-state index is -0.357. The molecule has 3 aromatic carbocycles. The lowest BCUT2D eigenvalue weighted by Gasteiger charge is -2.00. The van der Waals surface area contributed by atoms with Crippen molar-refractivity contribution >= 4 is 29.0 Å². The number of esters is 1. The number of rotatable bonds is 4. The fourth-order valence-electron chi connectivity index (χ4n) is 2.85. The molecule has 5 nitrogen and oxygen atoms in total. The number of methoxy groups -OCH3 is 1. The number of carbonyl (C=O) groups excluding carboxylic acids is 1. The van der Waals surface area contributed by atoms with Crippen LogP contribution < -0.4 is 0 Å². The molecule has 1 heterocycles. The molecule has 0 saturated heterocycles. The summed E-state index contributed by atoms with van der Waals surface area (Å²) in [4.78, 5) is 20.6. The van der Waals surface area contributed by atoms with Gasteiger partial charge < -0.3 is 9.15 Å². The second kappa shape index (κ2) is 7.48. The van der Waals surface area contributed by atoms with Crippen molar-refractivity contribution in [3.8, 4) is 11.5 Å². The molecule has 0 bridgehead atoms. The van der Waals surface area contributed by atoms with Crippen LogP contribution in [0.5, 0.6) is 0 Å². The van der Waals surface area contributed by atoms with Crippen molar-refractivity contribution in [2.24, 2.45) is 4.99 Å². The van der Waals surface area contributed by atoms with Gasteiger partial charge in [-0.05, 0) is 60.5 Å². The second-order valence-electron chi connectivity index (χ2n) is 6.41. The van der Waals surface area contributed by atoms with E-state index < -0.39 is 0 Å². The topological polar surface area (TPSA) is 64.7 Å². The molecule has 0 saturated carbocycles. The molecule has 138 valence electrons. The molecule has 4 rings (SSSR count). The number of aliphatic imine (C=N–C) groups is 1. The molecule has 0 unspecified atom stereocenters. The number of fused-ring (bicyclic) bond motifs is 1. The van der Waals surface area contributed by atoms with Gasteiger partial charge >= 0.3 is 5.97 Å². The van der Waals surface area contributed by atoms with Crippen LogP contribution >= 0.6 is 0 Å². The Hall–Kier alpha value is -3.73. The van der Waals surface area contributed by atoms with Crippen molar-refractivity contribution in [1.29, 1.82) is 0 Å². The van der Waals surface area contributed by atoms with Crippen molar-refractivity contribution in [1.82, 2.24) is 4.98 Å². The lowest BCUT2D eigenvalue weighted by atomic mass is 10.1. The second-order valence-corrected chi connectivity index (χ2v) is 6.41. The zero-order valence-corrected chi connectivity index (χ0v) is 15.5. The van der Waals surface area contributed by atoms with Gasteiger partial charge in [-0.3, -0.25) is 4.99 Å². The molecule has 0 spiro atoms. The third kappa shape index (κ3) is 3.69. The molecule has 0 atom stereocenters. The summed E-state index contributed by atoms with van der Waals surface area (Å²) in [6.07, 6.45) is 1.75. The van der Waals surface area contributed by atoms with E-state index in [-0.39, 0.29) is 5.97 Å². The molecule has 0 radical (unpaired) electrons. The Labute approximate surface area is 162 Å². The van der Waals surface area contributed by atoms with Crippen LogP contribution in [0.15, 0.2) is 76.1 Å². The first kappa shape index (κ1) is 17.7. The van der Waals surface area contributed by atoms with E-state index in [1.165, 1.54) is 7.11 Å². The highest BCUT2D eigenvalue weighted by Gasteiger charge is 2.09. The summed E-state index contributed by atoms with van der Waals surface area (Å²) in [5.74, 6) is 0.213. The van der Waals surface area contributed by atoms with Crippen molar-refractivity contribution in [3.63, 3.8) is 0 Å². The summed E-state index contributed by atoms with van der Waals surface area (Å²) in [5.41, 5.74) is 5.79. The van der Waals surface area contributed by atoms with Crippen molar-refractivity contribution in [2.75, 3.05) is 7.11 Å². The van der Waals surface area contributed by atoms with Gasteiger partial charge in [0.2, 0.25) is 5.89 Å². The number of benzene rings is 3. The highest BCUT2D eigenvalue weighted by atomic mass is 16.5. The molecule has 0 aliphatic carbocycles. The van der Waals surface area contributed by atoms with Gasteiger partial charge in [0.15, 0.2) is 5.58 Å². The van der Waals surface area contributed by atoms with E-state index in [0.29, 0.717) is 11.5 Å². The van der Waals surface area contributed by atoms with Gasteiger partial charge in [-0.1, -0.05) is 24.3 Å². The minimum Gasteiger partial charge on any atom is -0.465 e. The molecule has 0 aliphatic rings. The van der Waals surface area contributed by atoms with Crippen molar-refractivity contribution in [3.05, 3.63) is 83.4 Å². The molecule has 0 aliphatic heterocycles. The summed E-state index contributed by atoms with van der Waals surface area (Å²) >= 11 is 0. The third-order valence-corrected chi connectivity index (χ3v) is 4.33. The maximum absolute atomic E-state index is 11.5. The fourth-order valence-corrected chi connectivity index (χ4v) is 2.85. The predicted octanol–water partition coefficient (Wildman–Crippen LogP) is 5.34. The number of aryl methyl sites for hydroxylation is 1. The molecule has 0 N–H and O–H groups in total. The maximum atomic E-state index is 11.5. The van der Waals surface area contributed by atoms with Gasteiger partial charge in [-0.2, -0.15) is 0 Å². The lowest BCUT2D eigenvalue weighted by Crippen LogP contribution is -2.00. The average Bonchev–Trinajstić information content (AvgIpc) is 3.15. The molecular formula is C23H18N2O3. The SMILES string of the molecule is COC(=O)c1ccc(C=Nc2cccc(-c3nc4cc(C)ccc4o3)c2)cc1. The third-order valence-electron chi connectivity index (χ3n) is 4.33. The Kier molecular flexibility index (Phi) is 4.72. The quantitative estimate of drug-likeness (QED) is 0.359. The van der Waals surface area contributed by atoms with Gasteiger partial charge in [-0.25, -0.2) is 9.78 Å². The van der Waals surface area contributed by atoms with E-state index in [0.717, 1.165) is 33.5 Å². The summed E-state index contributed by atoms with van der Waals surface area (Å²) in [7, 11) is 1.36. The van der Waals surface area contributed by atoms with Gasteiger partial charge in [-0.15, -0.1) is 0 Å². The molecule has 5 heteroatoms. The van der Waals surface area contributed by atoms with Crippen LogP contribution in [0, 0.1) is 6.92 Å². The van der Waals surface area contributed by atoms with Crippen LogP contribution in [-0.2, 0) is 4.74 Å². The molecular weight excluding hydrogens is 352 g/mol. The molecule has 28 heavy (non-hydrogen) atoms. The summed E-state index contributed by atoms with van der Waals surface area (Å²) in [5, 5.41) is 0. The fraction of sp³-hybridized carbons (Fsp3) is 0.0870. The molecule has 0 fully saturated rings. The molecule has 1 aromatic heterocycles. The van der Waals surface area contributed by atoms with Gasteiger partial charge in [0, 0.05) is 11.8 Å². The summed E-state index contributed by atoms with van der Waals surface area (Å²) in [6.45, 7) is 2.03. The number of ether oxygens (including phenoxy) is 1. The maximum Gasteiger partial charge on any atom is 0.337 e. The zero-order valence-electron chi connectivity index (χ0n) is 15.5. The van der Waals surface area contributed by atoms with Crippen LogP contribution in [0.3, 0.4) is 0 Å². The number of carbonyl (C=O) groups is 1. The number of nitrogens with zero attached hydrogens (tertiary/aromatic N) is 2. The normalized spacial score (nSPS) is 11.2. The van der Waals surface area contributed by atoms with Crippen molar-refractivity contribution in [2.45, 2.75) is 6.92 Å². The highest BCUT2D eigenvalue weighted by molar-refractivity contribution is 5.91. The number of hydrogen-bond donors (Lipinski definition) is 0.